The number of halogens is 1. The standard InChI is InChI=1S/C15H24ClNO/c1-11(10-17-15(2,3)4)8-12-9-13(16)6-7-14(12)18-5/h6-7,9,11,17H,8,10H2,1-5H3. The monoisotopic (exact) mass is 269 g/mol. The van der Waals surface area contributed by atoms with Gasteiger partial charge in [-0.1, -0.05) is 18.5 Å². The van der Waals surface area contributed by atoms with Crippen LogP contribution in [0.3, 0.4) is 0 Å². The summed E-state index contributed by atoms with van der Waals surface area (Å²) < 4.78 is 5.37. The Morgan fingerprint density at radius 1 is 1.33 bits per heavy atom. The molecule has 0 heterocycles. The molecule has 1 aromatic rings. The highest BCUT2D eigenvalue weighted by molar-refractivity contribution is 6.30. The van der Waals surface area contributed by atoms with E-state index in [1.165, 1.54) is 5.56 Å². The Morgan fingerprint density at radius 3 is 2.56 bits per heavy atom. The van der Waals surface area contributed by atoms with Crippen LogP contribution in [0, 0.1) is 5.92 Å². The lowest BCUT2D eigenvalue weighted by atomic mass is 9.99. The van der Waals surface area contributed by atoms with Crippen LogP contribution in [0.1, 0.15) is 33.3 Å². The van der Waals surface area contributed by atoms with E-state index in [0.29, 0.717) is 5.92 Å². The fraction of sp³-hybridized carbons (Fsp3) is 0.600. The molecule has 1 aromatic carbocycles. The van der Waals surface area contributed by atoms with E-state index >= 15 is 0 Å². The maximum absolute atomic E-state index is 6.04. The summed E-state index contributed by atoms with van der Waals surface area (Å²) >= 11 is 6.04. The van der Waals surface area contributed by atoms with E-state index in [1.54, 1.807) is 7.11 Å². The predicted octanol–water partition coefficient (Wildman–Crippen LogP) is 3.92. The summed E-state index contributed by atoms with van der Waals surface area (Å²) in [4.78, 5) is 0. The van der Waals surface area contributed by atoms with Crippen molar-refractivity contribution in [3.63, 3.8) is 0 Å². The Hall–Kier alpha value is -0.730. The maximum Gasteiger partial charge on any atom is 0.122 e. The van der Waals surface area contributed by atoms with Crippen molar-refractivity contribution >= 4 is 11.6 Å². The van der Waals surface area contributed by atoms with Gasteiger partial charge in [-0.25, -0.2) is 0 Å². The quantitative estimate of drug-likeness (QED) is 0.875. The molecule has 1 atom stereocenters. The van der Waals surface area contributed by atoms with E-state index in [4.69, 9.17) is 16.3 Å². The van der Waals surface area contributed by atoms with E-state index in [1.807, 2.05) is 18.2 Å². The van der Waals surface area contributed by atoms with E-state index < -0.39 is 0 Å². The Kier molecular flexibility index (Phi) is 5.48. The van der Waals surface area contributed by atoms with Gasteiger partial charge in [0.25, 0.3) is 0 Å². The Morgan fingerprint density at radius 2 is 2.00 bits per heavy atom. The van der Waals surface area contributed by atoms with Crippen LogP contribution >= 0.6 is 11.6 Å². The van der Waals surface area contributed by atoms with Gasteiger partial charge in [-0.15, -0.1) is 0 Å². The molecule has 0 aromatic heterocycles. The molecule has 0 fully saturated rings. The van der Waals surface area contributed by atoms with Gasteiger partial charge in [0.15, 0.2) is 0 Å². The largest absolute Gasteiger partial charge is 0.496 e. The first-order valence-corrected chi connectivity index (χ1v) is 6.77. The highest BCUT2D eigenvalue weighted by atomic mass is 35.5. The smallest absolute Gasteiger partial charge is 0.122 e. The number of hydrogen-bond donors (Lipinski definition) is 1. The van der Waals surface area contributed by atoms with Crippen LogP contribution in [0.4, 0.5) is 0 Å². The highest BCUT2D eigenvalue weighted by Gasteiger charge is 2.13. The fourth-order valence-corrected chi connectivity index (χ4v) is 2.03. The Labute approximate surface area is 116 Å². The molecule has 0 aliphatic carbocycles. The molecular formula is C15H24ClNO. The van der Waals surface area contributed by atoms with E-state index in [0.717, 1.165) is 23.7 Å². The summed E-state index contributed by atoms with van der Waals surface area (Å²) in [6.45, 7) is 9.76. The SMILES string of the molecule is COc1ccc(Cl)cc1CC(C)CNC(C)(C)C. The Bertz CT molecular complexity index is 385. The van der Waals surface area contributed by atoms with Gasteiger partial charge in [-0.3, -0.25) is 0 Å². The molecule has 1 unspecified atom stereocenters. The topological polar surface area (TPSA) is 21.3 Å². The minimum atomic E-state index is 0.159. The fourth-order valence-electron chi connectivity index (χ4n) is 1.83. The minimum absolute atomic E-state index is 0.159. The summed E-state index contributed by atoms with van der Waals surface area (Å²) in [5.41, 5.74) is 1.33. The van der Waals surface area contributed by atoms with Gasteiger partial charge in [-0.2, -0.15) is 0 Å². The first-order valence-electron chi connectivity index (χ1n) is 6.39. The molecule has 0 amide bonds. The molecule has 0 spiro atoms. The summed E-state index contributed by atoms with van der Waals surface area (Å²) in [6.07, 6.45) is 0.965. The van der Waals surface area contributed by atoms with Crippen LogP contribution in [0.2, 0.25) is 5.02 Å². The second-order valence-electron chi connectivity index (χ2n) is 5.90. The van der Waals surface area contributed by atoms with E-state index in [-0.39, 0.29) is 5.54 Å². The van der Waals surface area contributed by atoms with Gasteiger partial charge in [-0.05, 0) is 63.4 Å². The molecule has 0 aliphatic heterocycles. The van der Waals surface area contributed by atoms with Gasteiger partial charge < -0.3 is 10.1 Å². The van der Waals surface area contributed by atoms with Gasteiger partial charge in [0.05, 0.1) is 7.11 Å². The van der Waals surface area contributed by atoms with Crippen molar-refractivity contribution in [1.29, 1.82) is 0 Å². The lowest BCUT2D eigenvalue weighted by molar-refractivity contribution is 0.374. The Balaban J connectivity index is 2.63. The van der Waals surface area contributed by atoms with E-state index in [9.17, 15) is 0 Å². The number of ether oxygens (including phenoxy) is 1. The van der Waals surface area contributed by atoms with Gasteiger partial charge in [0.2, 0.25) is 0 Å². The van der Waals surface area contributed by atoms with Crippen molar-refractivity contribution in [2.45, 2.75) is 39.7 Å². The molecule has 0 saturated heterocycles. The second kappa shape index (κ2) is 6.44. The third-order valence-corrected chi connectivity index (χ3v) is 3.03. The first kappa shape index (κ1) is 15.3. The van der Waals surface area contributed by atoms with Gasteiger partial charge >= 0.3 is 0 Å². The number of methoxy groups -OCH3 is 1. The van der Waals surface area contributed by atoms with Crippen LogP contribution in [-0.4, -0.2) is 19.2 Å². The molecule has 2 nitrogen and oxygen atoms in total. The van der Waals surface area contributed by atoms with Crippen molar-refractivity contribution in [1.82, 2.24) is 5.32 Å². The maximum atomic E-state index is 6.04. The molecule has 0 aliphatic rings. The average molecular weight is 270 g/mol. The van der Waals surface area contributed by atoms with Crippen molar-refractivity contribution in [3.05, 3.63) is 28.8 Å². The summed E-state index contributed by atoms with van der Waals surface area (Å²) in [7, 11) is 1.70. The highest BCUT2D eigenvalue weighted by Crippen LogP contribution is 2.25. The lowest BCUT2D eigenvalue weighted by Crippen LogP contribution is -2.39. The van der Waals surface area contributed by atoms with Crippen LogP contribution < -0.4 is 10.1 Å². The normalized spacial score (nSPS) is 13.4. The molecule has 0 bridgehead atoms. The van der Waals surface area contributed by atoms with Gasteiger partial charge in [0, 0.05) is 10.6 Å². The first-order chi connectivity index (χ1) is 8.31. The molecular weight excluding hydrogens is 246 g/mol. The van der Waals surface area contributed by atoms with Crippen LogP contribution in [0.5, 0.6) is 5.75 Å². The molecule has 0 radical (unpaired) electrons. The third kappa shape index (κ3) is 5.28. The zero-order valence-electron chi connectivity index (χ0n) is 12.0. The van der Waals surface area contributed by atoms with Gasteiger partial charge in [0.1, 0.15) is 5.75 Å². The lowest BCUT2D eigenvalue weighted by Gasteiger charge is -2.23. The molecule has 3 heteroatoms. The number of rotatable bonds is 5. The third-order valence-electron chi connectivity index (χ3n) is 2.79. The number of hydrogen-bond acceptors (Lipinski definition) is 2. The van der Waals surface area contributed by atoms with Crippen molar-refractivity contribution in [3.8, 4) is 5.75 Å². The number of benzene rings is 1. The summed E-state index contributed by atoms with van der Waals surface area (Å²) in [6, 6.07) is 5.79. The predicted molar refractivity (Wildman–Crippen MR) is 78.6 cm³/mol. The molecule has 0 saturated carbocycles. The second-order valence-corrected chi connectivity index (χ2v) is 6.33. The molecule has 18 heavy (non-hydrogen) atoms. The summed E-state index contributed by atoms with van der Waals surface area (Å²) in [5.74, 6) is 1.46. The van der Waals surface area contributed by atoms with Crippen molar-refractivity contribution in [2.24, 2.45) is 5.92 Å². The van der Waals surface area contributed by atoms with Crippen LogP contribution in [0.25, 0.3) is 0 Å². The van der Waals surface area contributed by atoms with Crippen LogP contribution in [-0.2, 0) is 6.42 Å². The average Bonchev–Trinajstić information content (AvgIpc) is 2.26. The van der Waals surface area contributed by atoms with E-state index in [2.05, 4.69) is 33.0 Å². The number of nitrogens with one attached hydrogen (secondary N) is 1. The van der Waals surface area contributed by atoms with Crippen molar-refractivity contribution in [2.75, 3.05) is 13.7 Å². The molecule has 102 valence electrons. The zero-order valence-corrected chi connectivity index (χ0v) is 12.8. The summed E-state index contributed by atoms with van der Waals surface area (Å²) in [5, 5.41) is 4.29. The molecule has 1 rings (SSSR count). The zero-order chi connectivity index (χ0) is 13.8. The van der Waals surface area contributed by atoms with Crippen LogP contribution in [0.15, 0.2) is 18.2 Å². The molecule has 1 N–H and O–H groups in total. The van der Waals surface area contributed by atoms with Crippen molar-refractivity contribution < 1.29 is 4.74 Å². The minimum Gasteiger partial charge on any atom is -0.496 e.